The van der Waals surface area contributed by atoms with E-state index < -0.39 is 0 Å². The number of nitriles is 1. The third-order valence-electron chi connectivity index (χ3n) is 3.51. The summed E-state index contributed by atoms with van der Waals surface area (Å²) in [6.07, 6.45) is 1.77. The third kappa shape index (κ3) is 3.61. The summed E-state index contributed by atoms with van der Waals surface area (Å²) < 4.78 is 5.39. The van der Waals surface area contributed by atoms with E-state index >= 15 is 0 Å². The van der Waals surface area contributed by atoms with E-state index in [0.29, 0.717) is 27.1 Å². The van der Waals surface area contributed by atoms with Gasteiger partial charge in [-0.3, -0.25) is 4.79 Å². The van der Waals surface area contributed by atoms with Gasteiger partial charge in [-0.15, -0.1) is 11.8 Å². The van der Waals surface area contributed by atoms with Crippen LogP contribution in [0.15, 0.2) is 57.7 Å². The van der Waals surface area contributed by atoms with E-state index in [1.807, 2.05) is 24.3 Å². The number of hydrogen-bond donors (Lipinski definition) is 1. The Labute approximate surface area is 143 Å². The number of amides is 1. The van der Waals surface area contributed by atoms with Gasteiger partial charge in [0.25, 0.3) is 0 Å². The van der Waals surface area contributed by atoms with Crippen LogP contribution < -0.4 is 5.32 Å². The Hall–Kier alpha value is -2.16. The zero-order valence-electron chi connectivity index (χ0n) is 12.1. The van der Waals surface area contributed by atoms with Gasteiger partial charge in [-0.1, -0.05) is 23.7 Å². The lowest BCUT2D eigenvalue weighted by Gasteiger charge is -2.23. The number of carbonyl (C=O) groups excluding carboxylic acids is 1. The first-order chi connectivity index (χ1) is 11.2. The van der Waals surface area contributed by atoms with E-state index in [1.54, 1.807) is 18.4 Å². The SMILES string of the molecule is N#CC1=C(SCc2cccc(Cl)c2)NC(=O)C[C@@H]1c1ccco1. The highest BCUT2D eigenvalue weighted by atomic mass is 35.5. The molecule has 6 heteroatoms. The molecule has 1 aromatic carbocycles. The highest BCUT2D eigenvalue weighted by Crippen LogP contribution is 2.37. The van der Waals surface area contributed by atoms with Crippen LogP contribution in [0, 0.1) is 11.3 Å². The zero-order valence-corrected chi connectivity index (χ0v) is 13.7. The lowest BCUT2D eigenvalue weighted by Crippen LogP contribution is -2.30. The number of hydrogen-bond acceptors (Lipinski definition) is 4. The predicted octanol–water partition coefficient (Wildman–Crippen LogP) is 4.21. The minimum Gasteiger partial charge on any atom is -0.469 e. The molecule has 0 spiro atoms. The van der Waals surface area contributed by atoms with Gasteiger partial charge in [-0.2, -0.15) is 5.26 Å². The highest BCUT2D eigenvalue weighted by Gasteiger charge is 2.31. The molecule has 1 atom stereocenters. The molecular weight excluding hydrogens is 332 g/mol. The van der Waals surface area contributed by atoms with Gasteiger partial charge in [0.1, 0.15) is 5.76 Å². The average Bonchev–Trinajstić information content (AvgIpc) is 3.06. The predicted molar refractivity (Wildman–Crippen MR) is 89.6 cm³/mol. The van der Waals surface area contributed by atoms with Gasteiger partial charge >= 0.3 is 0 Å². The van der Waals surface area contributed by atoms with E-state index in [9.17, 15) is 10.1 Å². The number of halogens is 1. The molecule has 0 bridgehead atoms. The van der Waals surface area contributed by atoms with Crippen LogP contribution in [0.2, 0.25) is 5.02 Å². The highest BCUT2D eigenvalue weighted by molar-refractivity contribution is 8.02. The van der Waals surface area contributed by atoms with Crippen molar-refractivity contribution in [1.29, 1.82) is 5.26 Å². The molecule has 0 fully saturated rings. The van der Waals surface area contributed by atoms with E-state index in [4.69, 9.17) is 16.0 Å². The Morgan fingerprint density at radius 3 is 2.96 bits per heavy atom. The van der Waals surface area contributed by atoms with Crippen molar-refractivity contribution in [1.82, 2.24) is 5.32 Å². The summed E-state index contributed by atoms with van der Waals surface area (Å²) in [5.74, 6) is 0.813. The third-order valence-corrected chi connectivity index (χ3v) is 4.84. The average molecular weight is 345 g/mol. The largest absolute Gasteiger partial charge is 0.469 e. The van der Waals surface area contributed by atoms with Crippen LogP contribution in [0.3, 0.4) is 0 Å². The Morgan fingerprint density at radius 2 is 2.26 bits per heavy atom. The van der Waals surface area contributed by atoms with E-state index in [0.717, 1.165) is 5.56 Å². The van der Waals surface area contributed by atoms with Gasteiger partial charge < -0.3 is 9.73 Å². The summed E-state index contributed by atoms with van der Waals surface area (Å²) >= 11 is 7.40. The summed E-state index contributed by atoms with van der Waals surface area (Å²) in [7, 11) is 0. The molecule has 0 saturated carbocycles. The maximum Gasteiger partial charge on any atom is 0.225 e. The lowest BCUT2D eigenvalue weighted by atomic mass is 9.92. The maximum atomic E-state index is 12.0. The smallest absolute Gasteiger partial charge is 0.225 e. The quantitative estimate of drug-likeness (QED) is 0.902. The Balaban J connectivity index is 1.85. The number of benzene rings is 1. The first-order valence-corrected chi connectivity index (χ1v) is 8.38. The minimum atomic E-state index is -0.328. The Bertz CT molecular complexity index is 793. The number of nitrogens with zero attached hydrogens (tertiary/aromatic N) is 1. The van der Waals surface area contributed by atoms with Gasteiger partial charge in [0.2, 0.25) is 5.91 Å². The second-order valence-electron chi connectivity index (χ2n) is 5.09. The van der Waals surface area contributed by atoms with Crippen molar-refractivity contribution in [3.05, 3.63) is 69.6 Å². The van der Waals surface area contributed by atoms with E-state index in [2.05, 4.69) is 11.4 Å². The van der Waals surface area contributed by atoms with Gasteiger partial charge in [0, 0.05) is 17.2 Å². The molecule has 1 aliphatic rings. The van der Waals surface area contributed by atoms with E-state index in [1.165, 1.54) is 11.8 Å². The van der Waals surface area contributed by atoms with E-state index in [-0.39, 0.29) is 18.2 Å². The van der Waals surface area contributed by atoms with Crippen LogP contribution in [0.5, 0.6) is 0 Å². The molecule has 1 N–H and O–H groups in total. The van der Waals surface area contributed by atoms with Crippen LogP contribution in [0.1, 0.15) is 23.7 Å². The van der Waals surface area contributed by atoms with Crippen molar-refractivity contribution >= 4 is 29.3 Å². The summed E-state index contributed by atoms with van der Waals surface area (Å²) in [6.45, 7) is 0. The second-order valence-corrected chi connectivity index (χ2v) is 6.52. The molecule has 0 unspecified atom stereocenters. The maximum absolute atomic E-state index is 12.0. The van der Waals surface area contributed by atoms with Crippen molar-refractivity contribution in [2.75, 3.05) is 0 Å². The Kier molecular flexibility index (Phi) is 4.75. The van der Waals surface area contributed by atoms with Crippen molar-refractivity contribution < 1.29 is 9.21 Å². The molecule has 4 nitrogen and oxygen atoms in total. The standard InChI is InChI=1S/C17H13ClN2O2S/c18-12-4-1-3-11(7-12)10-23-17-14(9-19)13(8-16(21)20-17)15-5-2-6-22-15/h1-7,13H,8,10H2,(H,20,21)/t13-/m0/s1. The van der Waals surface area contributed by atoms with Gasteiger partial charge in [0.05, 0.1) is 28.9 Å². The van der Waals surface area contributed by atoms with Crippen molar-refractivity contribution in [2.45, 2.75) is 18.1 Å². The molecule has 2 aromatic rings. The fourth-order valence-electron chi connectivity index (χ4n) is 2.45. The van der Waals surface area contributed by atoms with Gasteiger partial charge in [-0.05, 0) is 29.8 Å². The zero-order chi connectivity index (χ0) is 16.2. The lowest BCUT2D eigenvalue weighted by molar-refractivity contribution is -0.120. The van der Waals surface area contributed by atoms with Crippen LogP contribution >= 0.6 is 23.4 Å². The monoisotopic (exact) mass is 344 g/mol. The van der Waals surface area contributed by atoms with Gasteiger partial charge in [0.15, 0.2) is 0 Å². The molecule has 1 aliphatic heterocycles. The molecule has 3 rings (SSSR count). The van der Waals surface area contributed by atoms with Crippen LogP contribution in [0.25, 0.3) is 0 Å². The molecule has 0 radical (unpaired) electrons. The molecule has 1 aromatic heterocycles. The van der Waals surface area contributed by atoms with Crippen molar-refractivity contribution in [3.63, 3.8) is 0 Å². The number of nitrogens with one attached hydrogen (secondary N) is 1. The van der Waals surface area contributed by atoms with Crippen molar-refractivity contribution in [2.24, 2.45) is 0 Å². The molecule has 0 aliphatic carbocycles. The summed E-state index contributed by atoms with van der Waals surface area (Å²) in [5, 5.41) is 13.6. The number of carbonyl (C=O) groups is 1. The molecule has 23 heavy (non-hydrogen) atoms. The van der Waals surface area contributed by atoms with Gasteiger partial charge in [-0.25, -0.2) is 0 Å². The summed E-state index contributed by atoms with van der Waals surface area (Å²) in [6, 6.07) is 13.3. The Morgan fingerprint density at radius 1 is 1.39 bits per heavy atom. The second kappa shape index (κ2) is 6.95. The normalized spacial score (nSPS) is 17.7. The molecule has 1 amide bonds. The molecule has 2 heterocycles. The molecule has 0 saturated heterocycles. The van der Waals surface area contributed by atoms with Crippen LogP contribution in [-0.4, -0.2) is 5.91 Å². The topological polar surface area (TPSA) is 66.0 Å². The number of furan rings is 1. The summed E-state index contributed by atoms with van der Waals surface area (Å²) in [4.78, 5) is 12.0. The van der Waals surface area contributed by atoms with Crippen molar-refractivity contribution in [3.8, 4) is 6.07 Å². The molecule has 116 valence electrons. The van der Waals surface area contributed by atoms with Crippen LogP contribution in [0.4, 0.5) is 0 Å². The fourth-order valence-corrected chi connectivity index (χ4v) is 3.68. The number of rotatable bonds is 4. The van der Waals surface area contributed by atoms with Crippen LogP contribution in [-0.2, 0) is 10.5 Å². The molecular formula is C17H13ClN2O2S. The fraction of sp³-hybridized carbons (Fsp3) is 0.176. The minimum absolute atomic E-state index is 0.112. The summed E-state index contributed by atoms with van der Waals surface area (Å²) in [5.41, 5.74) is 1.56. The number of allylic oxidation sites excluding steroid dienone is 1. The first kappa shape index (κ1) is 15.7. The number of thioether (sulfide) groups is 1. The first-order valence-electron chi connectivity index (χ1n) is 7.02.